The number of anilines is 1. The molecule has 6 nitrogen and oxygen atoms in total. The lowest BCUT2D eigenvalue weighted by Crippen LogP contribution is -2.07. The summed E-state index contributed by atoms with van der Waals surface area (Å²) in [6.45, 7) is 3.43. The Labute approximate surface area is 139 Å². The molecule has 0 aliphatic heterocycles. The van der Waals surface area contributed by atoms with Crippen molar-refractivity contribution in [3.8, 4) is 23.0 Å². The van der Waals surface area contributed by atoms with Gasteiger partial charge >= 0.3 is 0 Å². The molecule has 0 spiro atoms. The molecule has 3 rings (SSSR count). The topological polar surface area (TPSA) is 83.6 Å². The third-order valence-corrected chi connectivity index (χ3v) is 3.59. The van der Waals surface area contributed by atoms with E-state index in [0.717, 1.165) is 11.1 Å². The Morgan fingerprint density at radius 1 is 1.21 bits per heavy atom. The Morgan fingerprint density at radius 2 is 2.00 bits per heavy atom. The van der Waals surface area contributed by atoms with Crippen molar-refractivity contribution in [2.75, 3.05) is 5.32 Å². The fraction of sp³-hybridized carbons (Fsp3) is 0.111. The summed E-state index contributed by atoms with van der Waals surface area (Å²) in [4.78, 5) is 11.3. The van der Waals surface area contributed by atoms with Crippen LogP contribution in [0.3, 0.4) is 0 Å². The maximum atomic E-state index is 11.3. The van der Waals surface area contributed by atoms with Crippen LogP contribution in [0.5, 0.6) is 0 Å². The quantitative estimate of drug-likeness (QED) is 0.804. The summed E-state index contributed by atoms with van der Waals surface area (Å²) in [5.41, 5.74) is 4.18. The summed E-state index contributed by atoms with van der Waals surface area (Å²) in [6.07, 6.45) is 0. The number of aryl methyl sites for hydroxylation is 1. The minimum absolute atomic E-state index is 0.150. The number of hydrogen-bond acceptors (Lipinski definition) is 4. The minimum atomic E-state index is -0.150. The highest BCUT2D eigenvalue weighted by Crippen LogP contribution is 2.28. The normalized spacial score (nSPS) is 10.2. The SMILES string of the molecule is CC(=O)Nc1cccc(-n2nnc(C#N)c2-c2ccccc2C)c1. The molecule has 2 aromatic carbocycles. The molecule has 0 saturated heterocycles. The first-order valence-electron chi connectivity index (χ1n) is 7.40. The van der Waals surface area contributed by atoms with Gasteiger partial charge in [-0.25, -0.2) is 4.68 Å². The number of aromatic nitrogens is 3. The Morgan fingerprint density at radius 3 is 2.71 bits per heavy atom. The zero-order valence-corrected chi connectivity index (χ0v) is 13.3. The smallest absolute Gasteiger partial charge is 0.221 e. The summed E-state index contributed by atoms with van der Waals surface area (Å²) in [6, 6.07) is 17.1. The number of hydrogen-bond donors (Lipinski definition) is 1. The van der Waals surface area contributed by atoms with E-state index in [2.05, 4.69) is 21.7 Å². The van der Waals surface area contributed by atoms with E-state index in [1.54, 1.807) is 16.8 Å². The lowest BCUT2D eigenvalue weighted by Gasteiger charge is -2.10. The first-order valence-corrected chi connectivity index (χ1v) is 7.40. The van der Waals surface area contributed by atoms with E-state index in [9.17, 15) is 10.1 Å². The van der Waals surface area contributed by atoms with Gasteiger partial charge in [-0.3, -0.25) is 4.79 Å². The monoisotopic (exact) mass is 317 g/mol. The van der Waals surface area contributed by atoms with Crippen LogP contribution in [0, 0.1) is 18.3 Å². The van der Waals surface area contributed by atoms with Gasteiger partial charge < -0.3 is 5.32 Å². The standard InChI is InChI=1S/C18H15N5O/c1-12-6-3-4-9-16(12)18-17(11-19)21-22-23(18)15-8-5-7-14(10-15)20-13(2)24/h3-10H,1-2H3,(H,20,24). The minimum Gasteiger partial charge on any atom is -0.326 e. The highest BCUT2D eigenvalue weighted by molar-refractivity contribution is 5.89. The highest BCUT2D eigenvalue weighted by Gasteiger charge is 2.17. The second-order valence-corrected chi connectivity index (χ2v) is 5.36. The average molecular weight is 317 g/mol. The van der Waals surface area contributed by atoms with Crippen LogP contribution in [0.15, 0.2) is 48.5 Å². The molecule has 1 heterocycles. The molecule has 1 N–H and O–H groups in total. The van der Waals surface area contributed by atoms with E-state index in [0.29, 0.717) is 17.1 Å². The van der Waals surface area contributed by atoms with Crippen molar-refractivity contribution < 1.29 is 4.79 Å². The van der Waals surface area contributed by atoms with Gasteiger partial charge in [0, 0.05) is 18.2 Å². The first-order chi connectivity index (χ1) is 11.6. The van der Waals surface area contributed by atoms with Crippen molar-refractivity contribution in [3.05, 3.63) is 59.8 Å². The maximum absolute atomic E-state index is 11.3. The molecule has 0 aliphatic rings. The number of nitrogens with zero attached hydrogens (tertiary/aromatic N) is 4. The Balaban J connectivity index is 2.17. The summed E-state index contributed by atoms with van der Waals surface area (Å²) < 4.78 is 1.62. The number of carbonyl (C=O) groups excluding carboxylic acids is 1. The van der Waals surface area contributed by atoms with Gasteiger partial charge in [-0.15, -0.1) is 5.10 Å². The fourth-order valence-corrected chi connectivity index (χ4v) is 2.54. The van der Waals surface area contributed by atoms with Gasteiger partial charge in [0.1, 0.15) is 11.8 Å². The molecule has 24 heavy (non-hydrogen) atoms. The molecule has 0 bridgehead atoms. The van der Waals surface area contributed by atoms with E-state index < -0.39 is 0 Å². The van der Waals surface area contributed by atoms with Crippen molar-refractivity contribution in [2.45, 2.75) is 13.8 Å². The number of benzene rings is 2. The Bertz CT molecular complexity index is 952. The van der Waals surface area contributed by atoms with Gasteiger partial charge in [-0.1, -0.05) is 35.5 Å². The highest BCUT2D eigenvalue weighted by atomic mass is 16.1. The zero-order chi connectivity index (χ0) is 17.1. The first kappa shape index (κ1) is 15.4. The molecule has 3 aromatic rings. The lowest BCUT2D eigenvalue weighted by atomic mass is 10.0. The molecule has 0 saturated carbocycles. The van der Waals surface area contributed by atoms with Crippen LogP contribution in [-0.4, -0.2) is 20.9 Å². The van der Waals surface area contributed by atoms with E-state index in [1.165, 1.54) is 6.92 Å². The van der Waals surface area contributed by atoms with Gasteiger partial charge in [-0.05, 0) is 30.7 Å². The molecule has 1 amide bonds. The van der Waals surface area contributed by atoms with Gasteiger partial charge in [0.05, 0.1) is 5.69 Å². The van der Waals surface area contributed by atoms with Crippen LogP contribution in [0.25, 0.3) is 16.9 Å². The van der Waals surface area contributed by atoms with Gasteiger partial charge in [-0.2, -0.15) is 5.26 Å². The van der Waals surface area contributed by atoms with Crippen molar-refractivity contribution in [2.24, 2.45) is 0 Å². The van der Waals surface area contributed by atoms with E-state index in [1.807, 2.05) is 43.3 Å². The lowest BCUT2D eigenvalue weighted by molar-refractivity contribution is -0.114. The largest absolute Gasteiger partial charge is 0.326 e. The summed E-state index contributed by atoms with van der Waals surface area (Å²) in [5.74, 6) is -0.150. The number of amides is 1. The number of nitriles is 1. The number of carbonyl (C=O) groups is 1. The third kappa shape index (κ3) is 2.88. The van der Waals surface area contributed by atoms with Gasteiger partial charge in [0.15, 0.2) is 5.69 Å². The van der Waals surface area contributed by atoms with E-state index in [4.69, 9.17) is 0 Å². The Hall–Kier alpha value is -3.46. The maximum Gasteiger partial charge on any atom is 0.221 e. The molecule has 6 heteroatoms. The van der Waals surface area contributed by atoms with Crippen LogP contribution in [0.2, 0.25) is 0 Å². The molecule has 118 valence electrons. The van der Waals surface area contributed by atoms with Crippen LogP contribution in [0.4, 0.5) is 5.69 Å². The van der Waals surface area contributed by atoms with Gasteiger partial charge in [0.2, 0.25) is 5.91 Å². The van der Waals surface area contributed by atoms with Crippen molar-refractivity contribution in [3.63, 3.8) is 0 Å². The van der Waals surface area contributed by atoms with Gasteiger partial charge in [0.25, 0.3) is 0 Å². The molecule has 0 radical (unpaired) electrons. The fourth-order valence-electron chi connectivity index (χ4n) is 2.54. The summed E-state index contributed by atoms with van der Waals surface area (Å²) in [5, 5.41) is 20.2. The Kier molecular flexibility index (Phi) is 4.08. The van der Waals surface area contributed by atoms with Crippen LogP contribution < -0.4 is 5.32 Å². The molecule has 1 aromatic heterocycles. The van der Waals surface area contributed by atoms with Crippen molar-refractivity contribution in [1.82, 2.24) is 15.0 Å². The van der Waals surface area contributed by atoms with Crippen LogP contribution in [-0.2, 0) is 4.79 Å². The van der Waals surface area contributed by atoms with Crippen molar-refractivity contribution in [1.29, 1.82) is 5.26 Å². The van der Waals surface area contributed by atoms with Crippen LogP contribution in [0.1, 0.15) is 18.2 Å². The molecule has 0 aliphatic carbocycles. The summed E-state index contributed by atoms with van der Waals surface area (Å²) >= 11 is 0. The second-order valence-electron chi connectivity index (χ2n) is 5.36. The zero-order valence-electron chi connectivity index (χ0n) is 13.3. The average Bonchev–Trinajstić information content (AvgIpc) is 2.98. The predicted octanol–water partition coefficient (Wildman–Crippen LogP) is 3.07. The number of nitrogens with one attached hydrogen (secondary N) is 1. The third-order valence-electron chi connectivity index (χ3n) is 3.59. The van der Waals surface area contributed by atoms with E-state index in [-0.39, 0.29) is 11.6 Å². The summed E-state index contributed by atoms with van der Waals surface area (Å²) in [7, 11) is 0. The molecule has 0 fully saturated rings. The van der Waals surface area contributed by atoms with E-state index >= 15 is 0 Å². The molecule has 0 atom stereocenters. The number of rotatable bonds is 3. The van der Waals surface area contributed by atoms with Crippen molar-refractivity contribution >= 4 is 11.6 Å². The predicted molar refractivity (Wildman–Crippen MR) is 90.6 cm³/mol. The molecular weight excluding hydrogens is 302 g/mol. The molecule has 0 unspecified atom stereocenters. The second kappa shape index (κ2) is 6.34. The molecular formula is C18H15N5O. The van der Waals surface area contributed by atoms with Crippen LogP contribution >= 0.6 is 0 Å².